The molecule has 0 aliphatic carbocycles. The molecule has 154 valence electrons. The van der Waals surface area contributed by atoms with Gasteiger partial charge in [-0.1, -0.05) is 30.3 Å². The Bertz CT molecular complexity index is 959. The number of guanidine groups is 1. The van der Waals surface area contributed by atoms with E-state index in [1.807, 2.05) is 24.6 Å². The average molecular weight is 524 g/mol. The summed E-state index contributed by atoms with van der Waals surface area (Å²) in [4.78, 5) is 8.79. The van der Waals surface area contributed by atoms with Crippen molar-refractivity contribution in [2.24, 2.45) is 4.99 Å². The molecule has 2 aromatic carbocycles. The van der Waals surface area contributed by atoms with E-state index in [-0.39, 0.29) is 29.8 Å². The number of para-hydroxylation sites is 1. The molecule has 29 heavy (non-hydrogen) atoms. The molecule has 0 amide bonds. The maximum absolute atomic E-state index is 13.5. The van der Waals surface area contributed by atoms with E-state index in [2.05, 4.69) is 44.9 Å². The van der Waals surface area contributed by atoms with Crippen LogP contribution in [-0.4, -0.2) is 30.8 Å². The minimum Gasteiger partial charge on any atom is -0.356 e. The quantitative estimate of drug-likeness (QED) is 0.266. The largest absolute Gasteiger partial charge is 0.356 e. The van der Waals surface area contributed by atoms with Gasteiger partial charge in [-0.2, -0.15) is 11.8 Å². The highest BCUT2D eigenvalue weighted by atomic mass is 127. The fourth-order valence-electron chi connectivity index (χ4n) is 3.14. The Labute approximate surface area is 192 Å². The lowest BCUT2D eigenvalue weighted by molar-refractivity contribution is 0.625. The first-order chi connectivity index (χ1) is 13.7. The number of nitrogens with one attached hydrogen (secondary N) is 2. The van der Waals surface area contributed by atoms with Gasteiger partial charge in [-0.15, -0.1) is 24.0 Å². The number of rotatable bonds is 7. The molecule has 3 rings (SSSR count). The highest BCUT2D eigenvalue weighted by molar-refractivity contribution is 14.0. The van der Waals surface area contributed by atoms with Crippen LogP contribution in [0.15, 0.2) is 59.7 Å². The van der Waals surface area contributed by atoms with E-state index >= 15 is 0 Å². The minimum atomic E-state index is -0.195. The van der Waals surface area contributed by atoms with Crippen molar-refractivity contribution in [2.45, 2.75) is 18.7 Å². The van der Waals surface area contributed by atoms with Crippen molar-refractivity contribution < 1.29 is 4.39 Å². The van der Waals surface area contributed by atoms with Crippen LogP contribution in [0.1, 0.15) is 16.7 Å². The molecule has 1 aromatic heterocycles. The molecule has 0 bridgehead atoms. The molecule has 7 heteroatoms. The van der Waals surface area contributed by atoms with Crippen LogP contribution >= 0.6 is 35.7 Å². The molecule has 2 N–H and O–H groups in total. The van der Waals surface area contributed by atoms with Gasteiger partial charge >= 0.3 is 0 Å². The van der Waals surface area contributed by atoms with E-state index in [1.54, 1.807) is 24.9 Å². The summed E-state index contributed by atoms with van der Waals surface area (Å²) in [5.74, 6) is 1.32. The third-order valence-electron chi connectivity index (χ3n) is 4.54. The van der Waals surface area contributed by atoms with Crippen molar-refractivity contribution in [3.63, 3.8) is 0 Å². The van der Waals surface area contributed by atoms with Crippen LogP contribution in [0.2, 0.25) is 0 Å². The first-order valence-corrected chi connectivity index (χ1v) is 10.6. The zero-order chi connectivity index (χ0) is 19.8. The summed E-state index contributed by atoms with van der Waals surface area (Å²) in [6, 6.07) is 15.2. The van der Waals surface area contributed by atoms with Crippen molar-refractivity contribution in [3.8, 4) is 0 Å². The van der Waals surface area contributed by atoms with Crippen LogP contribution in [0.3, 0.4) is 0 Å². The SMILES string of the molecule is CN=C(NCCc1cccc2cccnc12)NCc1ccc(F)cc1CSC.I. The van der Waals surface area contributed by atoms with Crippen LogP contribution in [0.4, 0.5) is 4.39 Å². The van der Waals surface area contributed by atoms with E-state index in [0.29, 0.717) is 6.54 Å². The molecule has 0 unspecified atom stereocenters. The van der Waals surface area contributed by atoms with Crippen molar-refractivity contribution in [2.75, 3.05) is 19.8 Å². The fourth-order valence-corrected chi connectivity index (χ4v) is 3.72. The highest BCUT2D eigenvalue weighted by Gasteiger charge is 2.06. The lowest BCUT2D eigenvalue weighted by atomic mass is 10.1. The third kappa shape index (κ3) is 6.57. The number of hydrogen-bond donors (Lipinski definition) is 2. The Balaban J connectivity index is 0.00000300. The number of thioether (sulfide) groups is 1. The smallest absolute Gasteiger partial charge is 0.191 e. The molecule has 0 radical (unpaired) electrons. The van der Waals surface area contributed by atoms with Gasteiger partial charge < -0.3 is 10.6 Å². The molecule has 0 saturated carbocycles. The summed E-state index contributed by atoms with van der Waals surface area (Å²) in [7, 11) is 1.75. The summed E-state index contributed by atoms with van der Waals surface area (Å²) in [5.41, 5.74) is 4.35. The topological polar surface area (TPSA) is 49.3 Å². The molecule has 0 fully saturated rings. The number of benzene rings is 2. The lowest BCUT2D eigenvalue weighted by Crippen LogP contribution is -2.38. The zero-order valence-electron chi connectivity index (χ0n) is 16.6. The Kier molecular flexibility index (Phi) is 9.66. The van der Waals surface area contributed by atoms with Crippen molar-refractivity contribution in [3.05, 3.63) is 77.2 Å². The molecule has 0 aliphatic heterocycles. The number of hydrogen-bond acceptors (Lipinski definition) is 3. The van der Waals surface area contributed by atoms with Gasteiger partial charge in [0, 0.05) is 37.5 Å². The normalized spacial score (nSPS) is 11.2. The van der Waals surface area contributed by atoms with Crippen LogP contribution in [0.5, 0.6) is 0 Å². The first-order valence-electron chi connectivity index (χ1n) is 9.24. The molecule has 1 heterocycles. The Morgan fingerprint density at radius 2 is 1.90 bits per heavy atom. The van der Waals surface area contributed by atoms with Crippen LogP contribution in [0.25, 0.3) is 10.9 Å². The standard InChI is InChI=1S/C22H25FN4S.HI/c1-24-22(27-14-18-8-9-20(23)13-19(18)15-28-2)26-12-10-17-6-3-5-16-7-4-11-25-21(16)17;/h3-9,11,13H,10,12,14-15H2,1-2H3,(H2,24,26,27);1H. The molecule has 0 spiro atoms. The Morgan fingerprint density at radius 1 is 1.07 bits per heavy atom. The predicted octanol–water partition coefficient (Wildman–Crippen LogP) is 4.76. The second kappa shape index (κ2) is 12.0. The molecular weight excluding hydrogens is 498 g/mol. The number of aromatic nitrogens is 1. The minimum absolute atomic E-state index is 0. The number of aliphatic imine (C=N–C) groups is 1. The summed E-state index contributed by atoms with van der Waals surface area (Å²) in [5, 5.41) is 7.82. The van der Waals surface area contributed by atoms with Crippen molar-refractivity contribution in [1.82, 2.24) is 15.6 Å². The molecule has 4 nitrogen and oxygen atoms in total. The maximum Gasteiger partial charge on any atom is 0.191 e. The average Bonchev–Trinajstić information content (AvgIpc) is 2.72. The number of nitrogens with zero attached hydrogens (tertiary/aromatic N) is 2. The van der Waals surface area contributed by atoms with Gasteiger partial charge in [-0.3, -0.25) is 9.98 Å². The van der Waals surface area contributed by atoms with Gasteiger partial charge in [-0.25, -0.2) is 4.39 Å². The van der Waals surface area contributed by atoms with Crippen LogP contribution in [-0.2, 0) is 18.7 Å². The van der Waals surface area contributed by atoms with Gasteiger partial charge in [0.1, 0.15) is 5.82 Å². The van der Waals surface area contributed by atoms with Gasteiger partial charge in [-0.05, 0) is 47.6 Å². The fraction of sp³-hybridized carbons (Fsp3) is 0.273. The molecule has 0 aliphatic rings. The van der Waals surface area contributed by atoms with E-state index < -0.39 is 0 Å². The monoisotopic (exact) mass is 524 g/mol. The zero-order valence-corrected chi connectivity index (χ0v) is 19.8. The molecular formula is C22H26FIN4S. The molecule has 0 saturated heterocycles. The third-order valence-corrected chi connectivity index (χ3v) is 5.14. The van der Waals surface area contributed by atoms with E-state index in [9.17, 15) is 4.39 Å². The van der Waals surface area contributed by atoms with E-state index in [1.165, 1.54) is 11.6 Å². The van der Waals surface area contributed by atoms with Gasteiger partial charge in [0.25, 0.3) is 0 Å². The Morgan fingerprint density at radius 3 is 2.69 bits per heavy atom. The second-order valence-electron chi connectivity index (χ2n) is 6.44. The van der Waals surface area contributed by atoms with Crippen LogP contribution < -0.4 is 10.6 Å². The number of pyridine rings is 1. The summed E-state index contributed by atoms with van der Waals surface area (Å²) < 4.78 is 13.5. The van der Waals surface area contributed by atoms with Gasteiger partial charge in [0.05, 0.1) is 5.52 Å². The predicted molar refractivity (Wildman–Crippen MR) is 133 cm³/mol. The number of halogens is 2. The summed E-state index contributed by atoms with van der Waals surface area (Å²) >= 11 is 1.68. The lowest BCUT2D eigenvalue weighted by Gasteiger charge is -2.14. The number of fused-ring (bicyclic) bond motifs is 1. The van der Waals surface area contributed by atoms with E-state index in [0.717, 1.165) is 46.7 Å². The van der Waals surface area contributed by atoms with Crippen molar-refractivity contribution in [1.29, 1.82) is 0 Å². The summed E-state index contributed by atoms with van der Waals surface area (Å²) in [6.07, 6.45) is 4.70. The van der Waals surface area contributed by atoms with Crippen molar-refractivity contribution >= 4 is 52.6 Å². The molecule has 0 atom stereocenters. The Hall–Kier alpha value is -1.87. The first kappa shape index (κ1) is 23.4. The van der Waals surface area contributed by atoms with Gasteiger partial charge in [0.15, 0.2) is 5.96 Å². The summed E-state index contributed by atoms with van der Waals surface area (Å²) in [6.45, 7) is 1.35. The maximum atomic E-state index is 13.5. The molecule has 3 aromatic rings. The van der Waals surface area contributed by atoms with Gasteiger partial charge in [0.2, 0.25) is 0 Å². The second-order valence-corrected chi connectivity index (χ2v) is 7.31. The van der Waals surface area contributed by atoms with E-state index in [4.69, 9.17) is 0 Å². The highest BCUT2D eigenvalue weighted by Crippen LogP contribution is 2.17. The van der Waals surface area contributed by atoms with Crippen LogP contribution in [0, 0.1) is 5.82 Å².